The fraction of sp³-hybridized carbons (Fsp3) is 0.650. The largest absolute Gasteiger partial charge is 0.381 e. The second-order valence-corrected chi connectivity index (χ2v) is 9.59. The van der Waals surface area contributed by atoms with Crippen molar-refractivity contribution in [3.63, 3.8) is 0 Å². The lowest BCUT2D eigenvalue weighted by atomic mass is 10.1. The van der Waals surface area contributed by atoms with E-state index in [-0.39, 0.29) is 11.8 Å². The molecule has 0 saturated carbocycles. The van der Waals surface area contributed by atoms with Gasteiger partial charge >= 0.3 is 0 Å². The molecule has 1 aromatic rings. The highest BCUT2D eigenvalue weighted by atomic mass is 32.2. The van der Waals surface area contributed by atoms with Crippen LogP contribution in [0.4, 0.5) is 0 Å². The summed E-state index contributed by atoms with van der Waals surface area (Å²) in [6.07, 6.45) is 4.04. The zero-order valence-electron chi connectivity index (χ0n) is 17.1. The van der Waals surface area contributed by atoms with E-state index in [0.717, 1.165) is 37.2 Å². The van der Waals surface area contributed by atoms with Crippen LogP contribution in [0.15, 0.2) is 29.3 Å². The Kier molecular flexibility index (Phi) is 9.21. The normalized spacial score (nSPS) is 17.3. The molecule has 0 spiro atoms. The summed E-state index contributed by atoms with van der Waals surface area (Å²) in [5.41, 5.74) is 2.30. The van der Waals surface area contributed by atoms with E-state index in [4.69, 9.17) is 9.47 Å². The number of hydrogen-bond acceptors (Lipinski definition) is 5. The molecule has 1 atom stereocenters. The standard InChI is InChI=1S/C20H33N3O4S/c1-16(10-13-28(3,24)25)23-20(21-2)22-14-17-4-6-18(7-5-17)15-27-19-8-11-26-12-9-19/h4-7,16,19H,8-15H2,1-3H3,(H2,21,22,23). The summed E-state index contributed by atoms with van der Waals surface area (Å²) >= 11 is 0. The van der Waals surface area contributed by atoms with Crippen LogP contribution in [-0.4, -0.2) is 58.8 Å². The van der Waals surface area contributed by atoms with Crippen molar-refractivity contribution in [2.45, 2.75) is 51.5 Å². The van der Waals surface area contributed by atoms with Crippen molar-refractivity contribution in [2.24, 2.45) is 4.99 Å². The van der Waals surface area contributed by atoms with Gasteiger partial charge in [-0.3, -0.25) is 4.99 Å². The van der Waals surface area contributed by atoms with Crippen LogP contribution in [0, 0.1) is 0 Å². The van der Waals surface area contributed by atoms with Crippen LogP contribution in [-0.2, 0) is 32.5 Å². The van der Waals surface area contributed by atoms with Gasteiger partial charge in [-0.05, 0) is 37.3 Å². The van der Waals surface area contributed by atoms with Crippen molar-refractivity contribution in [3.8, 4) is 0 Å². The molecular formula is C20H33N3O4S. The van der Waals surface area contributed by atoms with Crippen molar-refractivity contribution >= 4 is 15.8 Å². The maximum Gasteiger partial charge on any atom is 0.191 e. The molecule has 0 radical (unpaired) electrons. The van der Waals surface area contributed by atoms with E-state index >= 15 is 0 Å². The number of guanidine groups is 1. The highest BCUT2D eigenvalue weighted by Gasteiger charge is 2.14. The lowest BCUT2D eigenvalue weighted by Gasteiger charge is -2.22. The van der Waals surface area contributed by atoms with E-state index in [1.165, 1.54) is 6.26 Å². The zero-order valence-corrected chi connectivity index (χ0v) is 17.9. The second-order valence-electron chi connectivity index (χ2n) is 7.33. The Morgan fingerprint density at radius 1 is 1.25 bits per heavy atom. The van der Waals surface area contributed by atoms with Gasteiger partial charge in [-0.15, -0.1) is 0 Å². The molecule has 8 heteroatoms. The Bertz CT molecular complexity index is 713. The van der Waals surface area contributed by atoms with Crippen molar-refractivity contribution in [1.82, 2.24) is 10.6 Å². The van der Waals surface area contributed by atoms with Gasteiger partial charge in [0.05, 0.1) is 18.5 Å². The van der Waals surface area contributed by atoms with E-state index in [9.17, 15) is 8.42 Å². The average Bonchev–Trinajstić information content (AvgIpc) is 2.69. The number of nitrogens with zero attached hydrogens (tertiary/aromatic N) is 1. The molecule has 28 heavy (non-hydrogen) atoms. The Morgan fingerprint density at radius 2 is 1.89 bits per heavy atom. The van der Waals surface area contributed by atoms with Crippen molar-refractivity contribution in [1.29, 1.82) is 0 Å². The quantitative estimate of drug-likeness (QED) is 0.476. The van der Waals surface area contributed by atoms with Crippen LogP contribution in [0.2, 0.25) is 0 Å². The minimum absolute atomic E-state index is 0.0191. The smallest absolute Gasteiger partial charge is 0.191 e. The molecule has 1 aliphatic rings. The Hall–Kier alpha value is -1.64. The van der Waals surface area contributed by atoms with Crippen molar-refractivity contribution in [2.75, 3.05) is 32.3 Å². The zero-order chi connectivity index (χ0) is 20.4. The van der Waals surface area contributed by atoms with Gasteiger partial charge in [0.15, 0.2) is 5.96 Å². The van der Waals surface area contributed by atoms with Gasteiger partial charge in [0, 0.05) is 39.1 Å². The molecule has 158 valence electrons. The molecule has 1 saturated heterocycles. The van der Waals surface area contributed by atoms with Gasteiger partial charge in [-0.1, -0.05) is 24.3 Å². The molecule has 1 heterocycles. The summed E-state index contributed by atoms with van der Waals surface area (Å²) in [5, 5.41) is 6.48. The Labute approximate surface area is 168 Å². The van der Waals surface area contributed by atoms with Crippen molar-refractivity contribution < 1.29 is 17.9 Å². The maximum atomic E-state index is 11.3. The fourth-order valence-corrected chi connectivity index (χ4v) is 3.67. The van der Waals surface area contributed by atoms with Gasteiger partial charge in [-0.2, -0.15) is 0 Å². The summed E-state index contributed by atoms with van der Waals surface area (Å²) < 4.78 is 33.8. The highest BCUT2D eigenvalue weighted by molar-refractivity contribution is 7.90. The van der Waals surface area contributed by atoms with Crippen LogP contribution < -0.4 is 10.6 Å². The predicted octanol–water partition coefficient (Wildman–Crippen LogP) is 1.87. The Balaban J connectivity index is 1.73. The fourth-order valence-electron chi connectivity index (χ4n) is 2.89. The number of benzene rings is 1. The number of hydrogen-bond donors (Lipinski definition) is 2. The SMILES string of the molecule is CN=C(NCc1ccc(COC2CCOCC2)cc1)NC(C)CCS(C)(=O)=O. The monoisotopic (exact) mass is 411 g/mol. The maximum absolute atomic E-state index is 11.3. The van der Waals surface area contributed by atoms with Gasteiger partial charge in [0.25, 0.3) is 0 Å². The van der Waals surface area contributed by atoms with E-state index in [1.54, 1.807) is 7.05 Å². The summed E-state index contributed by atoms with van der Waals surface area (Å²) in [6, 6.07) is 8.35. The molecule has 0 amide bonds. The molecular weight excluding hydrogens is 378 g/mol. The van der Waals surface area contributed by atoms with Gasteiger partial charge < -0.3 is 20.1 Å². The molecule has 1 aromatic carbocycles. The van der Waals surface area contributed by atoms with Crippen LogP contribution in [0.5, 0.6) is 0 Å². The topological polar surface area (TPSA) is 89.0 Å². The summed E-state index contributed by atoms with van der Waals surface area (Å²) in [7, 11) is -1.25. The number of sulfone groups is 1. The molecule has 0 aliphatic carbocycles. The second kappa shape index (κ2) is 11.4. The first kappa shape index (κ1) is 22.6. The minimum atomic E-state index is -2.95. The van der Waals surface area contributed by atoms with Crippen LogP contribution in [0.3, 0.4) is 0 Å². The molecule has 0 aromatic heterocycles. The summed E-state index contributed by atoms with van der Waals surface area (Å²) in [5.74, 6) is 0.822. The summed E-state index contributed by atoms with van der Waals surface area (Å²) in [4.78, 5) is 4.20. The third-order valence-electron chi connectivity index (χ3n) is 4.67. The molecule has 2 N–H and O–H groups in total. The predicted molar refractivity (Wildman–Crippen MR) is 112 cm³/mol. The molecule has 1 unspecified atom stereocenters. The van der Waals surface area contributed by atoms with E-state index in [0.29, 0.717) is 31.6 Å². The van der Waals surface area contributed by atoms with Gasteiger partial charge in [0.1, 0.15) is 9.84 Å². The lowest BCUT2D eigenvalue weighted by molar-refractivity contribution is -0.0390. The first-order valence-electron chi connectivity index (χ1n) is 9.78. The van der Waals surface area contributed by atoms with Crippen LogP contribution in [0.25, 0.3) is 0 Å². The number of aliphatic imine (C=N–C) groups is 1. The molecule has 1 fully saturated rings. The highest BCUT2D eigenvalue weighted by Crippen LogP contribution is 2.14. The summed E-state index contributed by atoms with van der Waals surface area (Å²) in [6.45, 7) is 4.79. The third-order valence-corrected chi connectivity index (χ3v) is 5.64. The van der Waals surface area contributed by atoms with Crippen LogP contribution >= 0.6 is 0 Å². The lowest BCUT2D eigenvalue weighted by Crippen LogP contribution is -2.42. The average molecular weight is 412 g/mol. The van der Waals surface area contributed by atoms with E-state index in [1.807, 2.05) is 6.92 Å². The van der Waals surface area contributed by atoms with Crippen molar-refractivity contribution in [3.05, 3.63) is 35.4 Å². The Morgan fingerprint density at radius 3 is 2.50 bits per heavy atom. The van der Waals surface area contributed by atoms with E-state index < -0.39 is 9.84 Å². The van der Waals surface area contributed by atoms with Crippen LogP contribution in [0.1, 0.15) is 37.3 Å². The van der Waals surface area contributed by atoms with E-state index in [2.05, 4.69) is 39.9 Å². The first-order chi connectivity index (χ1) is 13.4. The minimum Gasteiger partial charge on any atom is -0.381 e. The number of rotatable bonds is 9. The van der Waals surface area contributed by atoms with Gasteiger partial charge in [0.2, 0.25) is 0 Å². The number of nitrogens with one attached hydrogen (secondary N) is 2. The molecule has 0 bridgehead atoms. The first-order valence-corrected chi connectivity index (χ1v) is 11.8. The molecule has 1 aliphatic heterocycles. The number of ether oxygens (including phenoxy) is 2. The third kappa shape index (κ3) is 9.03. The molecule has 7 nitrogen and oxygen atoms in total. The van der Waals surface area contributed by atoms with Gasteiger partial charge in [-0.25, -0.2) is 8.42 Å². The molecule has 2 rings (SSSR count).